The largest absolute Gasteiger partial charge is 0.384 e. The van der Waals surface area contributed by atoms with Gasteiger partial charge < -0.3 is 10.1 Å². The predicted octanol–water partition coefficient (Wildman–Crippen LogP) is 1.70. The monoisotopic (exact) mass is 161 g/mol. The van der Waals surface area contributed by atoms with Gasteiger partial charge in [0.2, 0.25) is 0 Å². The lowest BCUT2D eigenvalue weighted by atomic mass is 10.0. The van der Waals surface area contributed by atoms with E-state index in [1.165, 1.54) is 5.56 Å². The van der Waals surface area contributed by atoms with Crippen molar-refractivity contribution in [1.29, 1.82) is 0 Å². The van der Waals surface area contributed by atoms with Crippen molar-refractivity contribution in [3.63, 3.8) is 0 Å². The number of benzene rings is 1. The van der Waals surface area contributed by atoms with Crippen molar-refractivity contribution in [2.75, 3.05) is 11.9 Å². The molecule has 62 valence electrons. The summed E-state index contributed by atoms with van der Waals surface area (Å²) in [6, 6.07) is 6.17. The number of carbonyl (C=O) groups is 1. The zero-order valence-corrected chi connectivity index (χ0v) is 7.00. The van der Waals surface area contributed by atoms with Crippen LogP contribution in [0.1, 0.15) is 17.0 Å². The molecule has 1 unspecified atom stereocenters. The molecule has 0 bridgehead atoms. The summed E-state index contributed by atoms with van der Waals surface area (Å²) >= 11 is 0. The lowest BCUT2D eigenvalue weighted by Crippen LogP contribution is -2.02. The first-order valence-corrected chi connectivity index (χ1v) is 4.11. The Morgan fingerprint density at radius 3 is 3.17 bits per heavy atom. The molecule has 1 aromatic carbocycles. The molecule has 2 rings (SSSR count). The summed E-state index contributed by atoms with van der Waals surface area (Å²) in [4.78, 5) is 10.6. The highest BCUT2D eigenvalue weighted by molar-refractivity contribution is 5.73. The molecule has 2 nitrogen and oxygen atoms in total. The SMILES string of the molecule is Cc1ccc2c(c1)C(C=O)CN2. The number of aryl methyl sites for hydroxylation is 1. The molecule has 1 atom stereocenters. The Kier molecular flexibility index (Phi) is 1.61. The molecule has 0 aliphatic carbocycles. The number of carbonyl (C=O) groups excluding carboxylic acids is 1. The van der Waals surface area contributed by atoms with Crippen LogP contribution in [0.3, 0.4) is 0 Å². The predicted molar refractivity (Wildman–Crippen MR) is 48.5 cm³/mol. The van der Waals surface area contributed by atoms with Gasteiger partial charge in [0, 0.05) is 12.2 Å². The molecule has 0 amide bonds. The summed E-state index contributed by atoms with van der Waals surface area (Å²) in [6.45, 7) is 2.79. The summed E-state index contributed by atoms with van der Waals surface area (Å²) in [5, 5.41) is 3.20. The number of anilines is 1. The molecule has 0 saturated heterocycles. The Morgan fingerprint density at radius 1 is 1.58 bits per heavy atom. The van der Waals surface area contributed by atoms with E-state index in [1.54, 1.807) is 0 Å². The number of hydrogen-bond donors (Lipinski definition) is 1. The molecule has 1 heterocycles. The highest BCUT2D eigenvalue weighted by atomic mass is 16.1. The van der Waals surface area contributed by atoms with Gasteiger partial charge in [-0.1, -0.05) is 17.7 Å². The van der Waals surface area contributed by atoms with Gasteiger partial charge in [0.1, 0.15) is 6.29 Å². The quantitative estimate of drug-likeness (QED) is 0.635. The normalized spacial score (nSPS) is 19.9. The van der Waals surface area contributed by atoms with Gasteiger partial charge in [-0.3, -0.25) is 0 Å². The molecule has 0 saturated carbocycles. The number of hydrogen-bond acceptors (Lipinski definition) is 2. The Balaban J connectivity index is 2.49. The highest BCUT2D eigenvalue weighted by Crippen LogP contribution is 2.30. The fraction of sp³-hybridized carbons (Fsp3) is 0.300. The molecule has 2 heteroatoms. The molecule has 1 N–H and O–H groups in total. The molecule has 0 spiro atoms. The van der Waals surface area contributed by atoms with Crippen molar-refractivity contribution in [1.82, 2.24) is 0 Å². The summed E-state index contributed by atoms with van der Waals surface area (Å²) in [5.41, 5.74) is 3.46. The number of aldehydes is 1. The van der Waals surface area contributed by atoms with Crippen LogP contribution in [0.5, 0.6) is 0 Å². The van der Waals surface area contributed by atoms with Crippen molar-refractivity contribution >= 4 is 12.0 Å². The first kappa shape index (κ1) is 7.35. The summed E-state index contributed by atoms with van der Waals surface area (Å²) < 4.78 is 0. The van der Waals surface area contributed by atoms with Crippen LogP contribution in [0.15, 0.2) is 18.2 Å². The smallest absolute Gasteiger partial charge is 0.129 e. The van der Waals surface area contributed by atoms with Crippen molar-refractivity contribution in [2.45, 2.75) is 12.8 Å². The molecule has 12 heavy (non-hydrogen) atoms. The van der Waals surface area contributed by atoms with Crippen LogP contribution in [0, 0.1) is 6.92 Å². The van der Waals surface area contributed by atoms with E-state index in [-0.39, 0.29) is 5.92 Å². The number of fused-ring (bicyclic) bond motifs is 1. The van der Waals surface area contributed by atoms with Gasteiger partial charge in [0.25, 0.3) is 0 Å². The van der Waals surface area contributed by atoms with Crippen molar-refractivity contribution in [3.05, 3.63) is 29.3 Å². The van der Waals surface area contributed by atoms with E-state index >= 15 is 0 Å². The van der Waals surface area contributed by atoms with Gasteiger partial charge in [-0.25, -0.2) is 0 Å². The second-order valence-corrected chi connectivity index (χ2v) is 3.21. The molecule has 1 aliphatic rings. The average Bonchev–Trinajstić information content (AvgIpc) is 2.46. The lowest BCUT2D eigenvalue weighted by molar-refractivity contribution is -0.108. The molecular weight excluding hydrogens is 150 g/mol. The number of nitrogens with one attached hydrogen (secondary N) is 1. The van der Waals surface area contributed by atoms with Crippen LogP contribution in [0.4, 0.5) is 5.69 Å². The van der Waals surface area contributed by atoms with Crippen LogP contribution in [-0.2, 0) is 4.79 Å². The Bertz CT molecular complexity index is 320. The highest BCUT2D eigenvalue weighted by Gasteiger charge is 2.20. The lowest BCUT2D eigenvalue weighted by Gasteiger charge is -2.01. The molecule has 1 aromatic rings. The Hall–Kier alpha value is -1.31. The fourth-order valence-electron chi connectivity index (χ4n) is 1.60. The maximum absolute atomic E-state index is 10.6. The molecule has 0 radical (unpaired) electrons. The van der Waals surface area contributed by atoms with E-state index in [0.29, 0.717) is 0 Å². The third-order valence-corrected chi connectivity index (χ3v) is 2.28. The van der Waals surface area contributed by atoms with Crippen LogP contribution < -0.4 is 5.32 Å². The van der Waals surface area contributed by atoms with Gasteiger partial charge in [-0.05, 0) is 18.6 Å². The number of rotatable bonds is 1. The molecule has 0 aromatic heterocycles. The average molecular weight is 161 g/mol. The van der Waals surface area contributed by atoms with E-state index in [2.05, 4.69) is 17.4 Å². The summed E-state index contributed by atoms with van der Waals surface area (Å²) in [5.74, 6) is 0.0555. The van der Waals surface area contributed by atoms with Crippen molar-refractivity contribution < 1.29 is 4.79 Å². The second-order valence-electron chi connectivity index (χ2n) is 3.21. The Labute approximate surface area is 71.6 Å². The minimum atomic E-state index is 0.0555. The summed E-state index contributed by atoms with van der Waals surface area (Å²) in [7, 11) is 0. The van der Waals surface area contributed by atoms with Gasteiger partial charge in [-0.15, -0.1) is 0 Å². The third kappa shape index (κ3) is 0.998. The van der Waals surface area contributed by atoms with E-state index in [1.807, 2.05) is 13.0 Å². The fourth-order valence-corrected chi connectivity index (χ4v) is 1.60. The van der Waals surface area contributed by atoms with Crippen molar-refractivity contribution in [3.8, 4) is 0 Å². The third-order valence-electron chi connectivity index (χ3n) is 2.28. The zero-order valence-electron chi connectivity index (χ0n) is 7.00. The van der Waals surface area contributed by atoms with E-state index < -0.39 is 0 Å². The topological polar surface area (TPSA) is 29.1 Å². The van der Waals surface area contributed by atoms with Gasteiger partial charge in [0.15, 0.2) is 0 Å². The van der Waals surface area contributed by atoms with E-state index in [4.69, 9.17) is 0 Å². The molecule has 1 aliphatic heterocycles. The van der Waals surface area contributed by atoms with Crippen LogP contribution >= 0.6 is 0 Å². The van der Waals surface area contributed by atoms with Crippen LogP contribution in [-0.4, -0.2) is 12.8 Å². The first-order chi connectivity index (χ1) is 5.81. The van der Waals surface area contributed by atoms with Gasteiger partial charge in [0.05, 0.1) is 5.92 Å². The standard InChI is InChI=1S/C10H11NO/c1-7-2-3-10-9(4-7)8(6-12)5-11-10/h2-4,6,8,11H,5H2,1H3. The second kappa shape index (κ2) is 2.63. The minimum absolute atomic E-state index is 0.0555. The van der Waals surface area contributed by atoms with Crippen molar-refractivity contribution in [2.24, 2.45) is 0 Å². The summed E-state index contributed by atoms with van der Waals surface area (Å²) in [6.07, 6.45) is 1.01. The first-order valence-electron chi connectivity index (χ1n) is 4.11. The van der Waals surface area contributed by atoms with E-state index in [9.17, 15) is 4.79 Å². The van der Waals surface area contributed by atoms with E-state index in [0.717, 1.165) is 24.1 Å². The van der Waals surface area contributed by atoms with Crippen LogP contribution in [0.25, 0.3) is 0 Å². The Morgan fingerprint density at radius 2 is 2.42 bits per heavy atom. The van der Waals surface area contributed by atoms with Crippen LogP contribution in [0.2, 0.25) is 0 Å². The molecule has 0 fully saturated rings. The van der Waals surface area contributed by atoms with Gasteiger partial charge >= 0.3 is 0 Å². The zero-order chi connectivity index (χ0) is 8.55. The minimum Gasteiger partial charge on any atom is -0.384 e. The maximum atomic E-state index is 10.6. The molecular formula is C10H11NO. The maximum Gasteiger partial charge on any atom is 0.129 e. The van der Waals surface area contributed by atoms with Gasteiger partial charge in [-0.2, -0.15) is 0 Å².